The average molecular weight is 405 g/mol. The number of rotatable bonds is 6. The molecule has 0 aliphatic heterocycles. The Labute approximate surface area is 159 Å². The van der Waals surface area contributed by atoms with E-state index in [1.54, 1.807) is 34.6 Å². The van der Waals surface area contributed by atoms with Crippen LogP contribution in [0.25, 0.3) is 0 Å². The summed E-state index contributed by atoms with van der Waals surface area (Å²) >= 11 is 6.00. The molecule has 1 N–H and O–H groups in total. The maximum atomic E-state index is 12.5. The standard InChI is InChI=1S/C17H25ClN2O5S/c1-11(2)20(6)26(23,24)12-7-8-14(18)13(9-12)16(22)25-10-15(21)19-17(3,4)5/h7-9,11H,10H2,1-6H3,(H,19,21). The molecule has 1 rings (SSSR count). The summed E-state index contributed by atoms with van der Waals surface area (Å²) in [5, 5.41) is 2.69. The highest BCUT2D eigenvalue weighted by molar-refractivity contribution is 7.89. The van der Waals surface area contributed by atoms with Crippen LogP contribution in [-0.4, -0.2) is 49.8 Å². The number of ether oxygens (including phenoxy) is 1. The molecule has 0 saturated heterocycles. The summed E-state index contributed by atoms with van der Waals surface area (Å²) in [6.07, 6.45) is 0. The number of amides is 1. The van der Waals surface area contributed by atoms with Crippen LogP contribution in [0.15, 0.2) is 23.1 Å². The maximum Gasteiger partial charge on any atom is 0.340 e. The van der Waals surface area contributed by atoms with Gasteiger partial charge >= 0.3 is 5.97 Å². The Hall–Kier alpha value is -1.64. The van der Waals surface area contributed by atoms with E-state index in [4.69, 9.17) is 16.3 Å². The number of hydrogen-bond acceptors (Lipinski definition) is 5. The third-order valence-corrected chi connectivity index (χ3v) is 5.77. The van der Waals surface area contributed by atoms with Crippen molar-refractivity contribution in [1.29, 1.82) is 0 Å². The van der Waals surface area contributed by atoms with Crippen LogP contribution in [0.2, 0.25) is 5.02 Å². The first kappa shape index (κ1) is 22.4. The first-order valence-corrected chi connectivity index (χ1v) is 9.83. The van der Waals surface area contributed by atoms with Gasteiger partial charge in [0.25, 0.3) is 5.91 Å². The van der Waals surface area contributed by atoms with Crippen molar-refractivity contribution in [3.63, 3.8) is 0 Å². The van der Waals surface area contributed by atoms with Gasteiger partial charge in [0.05, 0.1) is 15.5 Å². The normalized spacial score (nSPS) is 12.3. The SMILES string of the molecule is CC(C)N(C)S(=O)(=O)c1ccc(Cl)c(C(=O)OCC(=O)NC(C)(C)C)c1. The van der Waals surface area contributed by atoms with Crippen LogP contribution >= 0.6 is 11.6 Å². The van der Waals surface area contributed by atoms with Gasteiger partial charge in [0.1, 0.15) is 0 Å². The Kier molecular flexibility index (Phi) is 7.21. The third-order valence-electron chi connectivity index (χ3n) is 3.41. The molecule has 0 atom stereocenters. The van der Waals surface area contributed by atoms with Crippen molar-refractivity contribution in [2.75, 3.05) is 13.7 Å². The van der Waals surface area contributed by atoms with Gasteiger partial charge < -0.3 is 10.1 Å². The van der Waals surface area contributed by atoms with E-state index < -0.39 is 34.0 Å². The van der Waals surface area contributed by atoms with Crippen molar-refractivity contribution >= 4 is 33.5 Å². The van der Waals surface area contributed by atoms with Crippen molar-refractivity contribution in [2.24, 2.45) is 0 Å². The van der Waals surface area contributed by atoms with E-state index in [-0.39, 0.29) is 21.5 Å². The van der Waals surface area contributed by atoms with Crippen molar-refractivity contribution in [2.45, 2.75) is 51.1 Å². The number of nitrogens with zero attached hydrogens (tertiary/aromatic N) is 1. The first-order chi connectivity index (χ1) is 11.8. The van der Waals surface area contributed by atoms with E-state index >= 15 is 0 Å². The molecule has 0 bridgehead atoms. The zero-order valence-corrected chi connectivity index (χ0v) is 17.4. The van der Waals surface area contributed by atoms with Crippen molar-refractivity contribution < 1.29 is 22.7 Å². The minimum absolute atomic E-state index is 0.0392. The van der Waals surface area contributed by atoms with Crippen LogP contribution in [-0.2, 0) is 19.6 Å². The lowest BCUT2D eigenvalue weighted by molar-refractivity contribution is -0.125. The molecule has 0 radical (unpaired) electrons. The van der Waals surface area contributed by atoms with E-state index in [0.29, 0.717) is 0 Å². The van der Waals surface area contributed by atoms with E-state index in [1.165, 1.54) is 23.5 Å². The summed E-state index contributed by atoms with van der Waals surface area (Å²) in [6, 6.07) is 3.53. The van der Waals surface area contributed by atoms with Crippen LogP contribution in [0.5, 0.6) is 0 Å². The highest BCUT2D eigenvalue weighted by Gasteiger charge is 2.25. The summed E-state index contributed by atoms with van der Waals surface area (Å²) in [5.41, 5.74) is -0.579. The van der Waals surface area contributed by atoms with Gasteiger partial charge in [-0.1, -0.05) is 11.6 Å². The predicted octanol–water partition coefficient (Wildman–Crippen LogP) is 2.44. The third kappa shape index (κ3) is 5.96. The molecule has 1 amide bonds. The zero-order valence-electron chi connectivity index (χ0n) is 15.8. The van der Waals surface area contributed by atoms with Crippen LogP contribution in [0.1, 0.15) is 45.0 Å². The number of benzene rings is 1. The average Bonchev–Trinajstić information content (AvgIpc) is 2.50. The number of halogens is 1. The molecule has 0 aromatic heterocycles. The van der Waals surface area contributed by atoms with Gasteiger partial charge in [-0.15, -0.1) is 0 Å². The maximum absolute atomic E-state index is 12.5. The van der Waals surface area contributed by atoms with E-state index in [2.05, 4.69) is 5.32 Å². The molecular weight excluding hydrogens is 380 g/mol. The van der Waals surface area contributed by atoms with Gasteiger partial charge in [0.2, 0.25) is 10.0 Å². The molecule has 0 heterocycles. The predicted molar refractivity (Wildman–Crippen MR) is 99.7 cm³/mol. The topological polar surface area (TPSA) is 92.8 Å². The molecule has 1 aromatic carbocycles. The number of carbonyl (C=O) groups excluding carboxylic acids is 2. The van der Waals surface area contributed by atoms with Crippen LogP contribution < -0.4 is 5.32 Å². The second-order valence-corrected chi connectivity index (χ2v) is 9.54. The van der Waals surface area contributed by atoms with Crippen molar-refractivity contribution in [3.05, 3.63) is 28.8 Å². The molecular formula is C17H25ClN2O5S. The fourth-order valence-corrected chi connectivity index (χ4v) is 3.52. The molecule has 7 nitrogen and oxygen atoms in total. The van der Waals surface area contributed by atoms with Gasteiger partial charge in [-0.25, -0.2) is 13.2 Å². The second kappa shape index (κ2) is 8.37. The van der Waals surface area contributed by atoms with Crippen LogP contribution in [0.3, 0.4) is 0 Å². The summed E-state index contributed by atoms with van der Waals surface area (Å²) in [4.78, 5) is 23.9. The number of sulfonamides is 1. The number of nitrogens with one attached hydrogen (secondary N) is 1. The van der Waals surface area contributed by atoms with Crippen LogP contribution in [0, 0.1) is 0 Å². The lowest BCUT2D eigenvalue weighted by atomic mass is 10.1. The number of esters is 1. The Morgan fingerprint density at radius 1 is 1.27 bits per heavy atom. The fraction of sp³-hybridized carbons (Fsp3) is 0.529. The first-order valence-electron chi connectivity index (χ1n) is 8.01. The summed E-state index contributed by atoms with van der Waals surface area (Å²) in [6.45, 7) is 8.36. The van der Waals surface area contributed by atoms with Gasteiger partial charge in [0.15, 0.2) is 6.61 Å². The quantitative estimate of drug-likeness (QED) is 0.735. The molecule has 0 saturated carbocycles. The van der Waals surface area contributed by atoms with Gasteiger partial charge in [0, 0.05) is 18.6 Å². The Morgan fingerprint density at radius 3 is 2.35 bits per heavy atom. The molecule has 0 aliphatic carbocycles. The molecule has 9 heteroatoms. The largest absolute Gasteiger partial charge is 0.452 e. The van der Waals surface area contributed by atoms with Gasteiger partial charge in [-0.3, -0.25) is 4.79 Å². The smallest absolute Gasteiger partial charge is 0.340 e. The molecule has 0 unspecified atom stereocenters. The molecule has 0 spiro atoms. The Bertz CT molecular complexity index is 785. The van der Waals surface area contributed by atoms with E-state index in [9.17, 15) is 18.0 Å². The van der Waals surface area contributed by atoms with Crippen molar-refractivity contribution in [1.82, 2.24) is 9.62 Å². The number of carbonyl (C=O) groups is 2. The number of hydrogen-bond donors (Lipinski definition) is 1. The molecule has 146 valence electrons. The van der Waals surface area contributed by atoms with Crippen LogP contribution in [0.4, 0.5) is 0 Å². The minimum atomic E-state index is -3.78. The summed E-state index contributed by atoms with van der Waals surface area (Å²) in [7, 11) is -2.33. The van der Waals surface area contributed by atoms with Crippen molar-refractivity contribution in [3.8, 4) is 0 Å². The monoisotopic (exact) mass is 404 g/mol. The summed E-state index contributed by atoms with van der Waals surface area (Å²) < 4.78 is 31.2. The van der Waals surface area contributed by atoms with Gasteiger partial charge in [-0.2, -0.15) is 4.31 Å². The highest BCUT2D eigenvalue weighted by atomic mass is 35.5. The Balaban J connectivity index is 3.00. The lowest BCUT2D eigenvalue weighted by Crippen LogP contribution is -2.42. The molecule has 26 heavy (non-hydrogen) atoms. The molecule has 1 aromatic rings. The second-order valence-electron chi connectivity index (χ2n) is 7.13. The lowest BCUT2D eigenvalue weighted by Gasteiger charge is -2.21. The minimum Gasteiger partial charge on any atom is -0.452 e. The van der Waals surface area contributed by atoms with Gasteiger partial charge in [-0.05, 0) is 52.8 Å². The summed E-state index contributed by atoms with van der Waals surface area (Å²) in [5.74, 6) is -1.34. The molecule has 0 fully saturated rings. The van der Waals surface area contributed by atoms with E-state index in [0.717, 1.165) is 6.07 Å². The Morgan fingerprint density at radius 2 is 1.85 bits per heavy atom. The molecule has 0 aliphatic rings. The van der Waals surface area contributed by atoms with E-state index in [1.807, 2.05) is 0 Å². The highest BCUT2D eigenvalue weighted by Crippen LogP contribution is 2.24. The zero-order chi connectivity index (χ0) is 20.3. The fourth-order valence-electron chi connectivity index (χ4n) is 1.93.